The third-order valence-corrected chi connectivity index (χ3v) is 8.85. The Morgan fingerprint density at radius 2 is 1.62 bits per heavy atom. The summed E-state index contributed by atoms with van der Waals surface area (Å²) in [5, 5.41) is 2.31. The minimum absolute atomic E-state index is 0.0910. The Hall–Kier alpha value is -4.11. The highest BCUT2D eigenvalue weighted by molar-refractivity contribution is 6.06. The summed E-state index contributed by atoms with van der Waals surface area (Å²) in [6.45, 7) is 6.33. The maximum atomic E-state index is 13.9. The van der Waals surface area contributed by atoms with Crippen molar-refractivity contribution in [1.82, 2.24) is 33.7 Å². The molecule has 220 valence electrons. The summed E-state index contributed by atoms with van der Waals surface area (Å²) in [5.41, 5.74) is 3.91. The summed E-state index contributed by atoms with van der Waals surface area (Å²) < 4.78 is 4.39. The van der Waals surface area contributed by atoms with Gasteiger partial charge in [0.2, 0.25) is 0 Å². The number of benzene rings is 2. The maximum Gasteiger partial charge on any atom is 0.319 e. The zero-order valence-electron chi connectivity index (χ0n) is 24.9. The normalized spacial score (nSPS) is 16.7. The van der Waals surface area contributed by atoms with Crippen molar-refractivity contribution in [1.29, 1.82) is 0 Å². The lowest BCUT2D eigenvalue weighted by molar-refractivity contribution is 0.0665. The fourth-order valence-electron chi connectivity index (χ4n) is 6.32. The van der Waals surface area contributed by atoms with Gasteiger partial charge >= 0.3 is 6.03 Å². The van der Waals surface area contributed by atoms with Crippen LogP contribution < -0.4 is 0 Å². The lowest BCUT2D eigenvalue weighted by Gasteiger charge is -2.34. The van der Waals surface area contributed by atoms with Crippen molar-refractivity contribution in [2.24, 2.45) is 5.92 Å². The van der Waals surface area contributed by atoms with E-state index in [0.717, 1.165) is 91.8 Å². The number of hydrogen-bond acceptors (Lipinski definition) is 4. The number of carbonyl (C=O) groups excluding carboxylic acids is 2. The Bertz CT molecular complexity index is 1550. The van der Waals surface area contributed by atoms with E-state index in [1.807, 2.05) is 42.6 Å². The lowest BCUT2D eigenvalue weighted by Crippen LogP contribution is -2.47. The Balaban J connectivity index is 1.25. The zero-order chi connectivity index (χ0) is 29.2. The van der Waals surface area contributed by atoms with Crippen LogP contribution in [0.2, 0.25) is 0 Å². The van der Waals surface area contributed by atoms with E-state index < -0.39 is 0 Å². The molecule has 6 rings (SSSR count). The molecule has 4 aromatic rings. The zero-order valence-corrected chi connectivity index (χ0v) is 24.9. The number of nitrogens with zero attached hydrogens (tertiary/aromatic N) is 7. The average Bonchev–Trinajstić information content (AvgIpc) is 3.63. The molecule has 2 aromatic heterocycles. The van der Waals surface area contributed by atoms with E-state index in [2.05, 4.69) is 74.7 Å². The Labute approximate surface area is 247 Å². The number of rotatable bonds is 6. The fourth-order valence-corrected chi connectivity index (χ4v) is 6.32. The van der Waals surface area contributed by atoms with E-state index in [4.69, 9.17) is 0 Å². The summed E-state index contributed by atoms with van der Waals surface area (Å²) in [5.74, 6) is 0.590. The number of urea groups is 1. The quantitative estimate of drug-likeness (QED) is 0.348. The lowest BCUT2D eigenvalue weighted by atomic mass is 9.97. The highest BCUT2D eigenvalue weighted by atomic mass is 16.2. The number of likely N-dealkylation sites (tertiary alicyclic amines) is 1. The summed E-state index contributed by atoms with van der Waals surface area (Å²) >= 11 is 0. The molecule has 0 atom stereocenters. The Morgan fingerprint density at radius 1 is 0.881 bits per heavy atom. The van der Waals surface area contributed by atoms with Gasteiger partial charge < -0.3 is 28.7 Å². The number of amides is 3. The number of likely N-dealkylation sites (N-methyl/N-ethyl adjacent to an activating group) is 1. The number of piperidine rings is 1. The standard InChI is InChI=1S/C33H41N7O2/c1-35(2)33(42)39-13-11-25(12-14-39)20-40-24-34-19-27(40)21-37-22-30(29-10-6-8-26-7-4-5-9-28(26)29)31(23-37)32(41)38-17-15-36(3)16-18-38/h4-10,19,22-25H,11-18,20-21H2,1-3H3. The average molecular weight is 568 g/mol. The molecule has 2 saturated heterocycles. The monoisotopic (exact) mass is 567 g/mol. The molecule has 0 unspecified atom stereocenters. The van der Waals surface area contributed by atoms with Crippen molar-refractivity contribution in [2.75, 3.05) is 60.4 Å². The highest BCUT2D eigenvalue weighted by Gasteiger charge is 2.27. The molecule has 42 heavy (non-hydrogen) atoms. The first-order valence-corrected chi connectivity index (χ1v) is 15.0. The van der Waals surface area contributed by atoms with Crippen LogP contribution in [0.3, 0.4) is 0 Å². The second-order valence-corrected chi connectivity index (χ2v) is 12.0. The van der Waals surface area contributed by atoms with Crippen molar-refractivity contribution < 1.29 is 9.59 Å². The van der Waals surface area contributed by atoms with Crippen LogP contribution >= 0.6 is 0 Å². The van der Waals surface area contributed by atoms with Crippen LogP contribution in [-0.4, -0.2) is 106 Å². The van der Waals surface area contributed by atoms with Crippen molar-refractivity contribution in [3.8, 4) is 11.1 Å². The van der Waals surface area contributed by atoms with Crippen molar-refractivity contribution in [2.45, 2.75) is 25.9 Å². The van der Waals surface area contributed by atoms with Gasteiger partial charge in [-0.25, -0.2) is 9.78 Å². The van der Waals surface area contributed by atoms with Gasteiger partial charge in [-0.3, -0.25) is 4.79 Å². The number of piperazine rings is 1. The third kappa shape index (κ3) is 5.79. The summed E-state index contributed by atoms with van der Waals surface area (Å²) in [6.07, 6.45) is 9.97. The van der Waals surface area contributed by atoms with Gasteiger partial charge in [-0.05, 0) is 42.1 Å². The molecular formula is C33H41N7O2. The fraction of sp³-hybridized carbons (Fsp3) is 0.424. The predicted molar refractivity (Wildman–Crippen MR) is 165 cm³/mol. The molecule has 0 saturated carbocycles. The number of hydrogen-bond donors (Lipinski definition) is 0. The van der Waals surface area contributed by atoms with E-state index >= 15 is 0 Å². The highest BCUT2D eigenvalue weighted by Crippen LogP contribution is 2.33. The molecule has 2 fully saturated rings. The first-order valence-electron chi connectivity index (χ1n) is 15.0. The second kappa shape index (κ2) is 12.0. The van der Waals surface area contributed by atoms with E-state index in [1.165, 1.54) is 0 Å². The number of aromatic nitrogens is 3. The molecule has 2 aliphatic heterocycles. The van der Waals surface area contributed by atoms with Crippen LogP contribution in [-0.2, 0) is 13.1 Å². The summed E-state index contributed by atoms with van der Waals surface area (Å²) in [7, 11) is 5.72. The number of imidazole rings is 1. The van der Waals surface area contributed by atoms with Crippen LogP contribution in [0, 0.1) is 5.92 Å². The molecule has 2 aliphatic rings. The van der Waals surface area contributed by atoms with Crippen molar-refractivity contribution in [3.05, 3.63) is 78.6 Å². The largest absolute Gasteiger partial charge is 0.347 e. The Kier molecular flexibility index (Phi) is 8.02. The summed E-state index contributed by atoms with van der Waals surface area (Å²) in [4.78, 5) is 38.6. The van der Waals surface area contributed by atoms with E-state index in [1.54, 1.807) is 4.90 Å². The van der Waals surface area contributed by atoms with Gasteiger partial charge in [0, 0.05) is 84.1 Å². The van der Waals surface area contributed by atoms with Crippen LogP contribution in [0.25, 0.3) is 21.9 Å². The van der Waals surface area contributed by atoms with Gasteiger partial charge in [0.25, 0.3) is 5.91 Å². The molecule has 0 bridgehead atoms. The third-order valence-electron chi connectivity index (χ3n) is 8.85. The van der Waals surface area contributed by atoms with Gasteiger partial charge in [-0.1, -0.05) is 42.5 Å². The van der Waals surface area contributed by atoms with Crippen LogP contribution in [0.1, 0.15) is 28.9 Å². The van der Waals surface area contributed by atoms with Crippen LogP contribution in [0.4, 0.5) is 4.79 Å². The molecular weight excluding hydrogens is 526 g/mol. The number of carbonyl (C=O) groups is 2. The molecule has 9 nitrogen and oxygen atoms in total. The molecule has 3 amide bonds. The van der Waals surface area contributed by atoms with Gasteiger partial charge in [0.1, 0.15) is 0 Å². The van der Waals surface area contributed by atoms with Crippen LogP contribution in [0.5, 0.6) is 0 Å². The van der Waals surface area contributed by atoms with Gasteiger partial charge in [0.15, 0.2) is 0 Å². The maximum absolute atomic E-state index is 13.9. The van der Waals surface area contributed by atoms with Crippen LogP contribution in [0.15, 0.2) is 67.4 Å². The molecule has 0 aliphatic carbocycles. The molecule has 4 heterocycles. The minimum Gasteiger partial charge on any atom is -0.347 e. The molecule has 0 spiro atoms. The van der Waals surface area contributed by atoms with E-state index in [0.29, 0.717) is 12.5 Å². The first kappa shape index (κ1) is 28.0. The van der Waals surface area contributed by atoms with Gasteiger partial charge in [0.05, 0.1) is 24.1 Å². The van der Waals surface area contributed by atoms with Crippen molar-refractivity contribution in [3.63, 3.8) is 0 Å². The predicted octanol–water partition coefficient (Wildman–Crippen LogP) is 4.33. The molecule has 2 aromatic carbocycles. The topological polar surface area (TPSA) is 69.9 Å². The SMILES string of the molecule is CN1CCN(C(=O)c2cn(Cc3cncn3CC3CCN(C(=O)N(C)C)CC3)cc2-c2cccc3ccccc23)CC1. The smallest absolute Gasteiger partial charge is 0.319 e. The molecule has 9 heteroatoms. The van der Waals surface area contributed by atoms with E-state index in [-0.39, 0.29) is 11.9 Å². The summed E-state index contributed by atoms with van der Waals surface area (Å²) in [6, 6.07) is 14.8. The first-order chi connectivity index (χ1) is 20.4. The van der Waals surface area contributed by atoms with E-state index in [9.17, 15) is 9.59 Å². The number of fused-ring (bicyclic) bond motifs is 1. The Morgan fingerprint density at radius 3 is 2.38 bits per heavy atom. The van der Waals surface area contributed by atoms with Crippen molar-refractivity contribution >= 4 is 22.7 Å². The molecule has 0 N–H and O–H groups in total. The minimum atomic E-state index is 0.0910. The second-order valence-electron chi connectivity index (χ2n) is 12.0. The molecule has 0 radical (unpaired) electrons. The van der Waals surface area contributed by atoms with Gasteiger partial charge in [-0.15, -0.1) is 0 Å². The van der Waals surface area contributed by atoms with Gasteiger partial charge in [-0.2, -0.15) is 0 Å².